The van der Waals surface area contributed by atoms with E-state index in [0.29, 0.717) is 16.4 Å². The van der Waals surface area contributed by atoms with Crippen molar-refractivity contribution >= 4 is 28.8 Å². The molecule has 1 atom stereocenters. The highest BCUT2D eigenvalue weighted by atomic mass is 35.5. The maximum absolute atomic E-state index is 12.5. The van der Waals surface area contributed by atoms with Gasteiger partial charge in [-0.25, -0.2) is 0 Å². The van der Waals surface area contributed by atoms with Crippen molar-refractivity contribution in [1.82, 2.24) is 19.7 Å². The van der Waals surface area contributed by atoms with Crippen molar-refractivity contribution < 1.29 is 4.79 Å². The SMILES string of the molecule is CCn1cnnc1[C@@H]1CCCN(C(=O)c2csc(Cl)c2)C1. The fourth-order valence-corrected chi connectivity index (χ4v) is 3.66. The second-order valence-corrected chi connectivity index (χ2v) is 6.75. The van der Waals surface area contributed by atoms with Gasteiger partial charge in [0.05, 0.1) is 9.90 Å². The molecule has 7 heteroatoms. The van der Waals surface area contributed by atoms with Crippen LogP contribution >= 0.6 is 22.9 Å². The highest BCUT2D eigenvalue weighted by Gasteiger charge is 2.28. The molecule has 0 unspecified atom stereocenters. The largest absolute Gasteiger partial charge is 0.338 e. The summed E-state index contributed by atoms with van der Waals surface area (Å²) in [5.74, 6) is 1.31. The van der Waals surface area contributed by atoms with E-state index in [0.717, 1.165) is 31.8 Å². The van der Waals surface area contributed by atoms with E-state index in [1.54, 1.807) is 12.4 Å². The van der Waals surface area contributed by atoms with Gasteiger partial charge in [-0.2, -0.15) is 0 Å². The lowest BCUT2D eigenvalue weighted by Gasteiger charge is -2.32. The molecule has 1 fully saturated rings. The van der Waals surface area contributed by atoms with Crippen LogP contribution in [0.1, 0.15) is 41.9 Å². The molecule has 5 nitrogen and oxygen atoms in total. The maximum atomic E-state index is 12.5. The van der Waals surface area contributed by atoms with Gasteiger partial charge in [0.2, 0.25) is 0 Å². The Labute approximate surface area is 132 Å². The van der Waals surface area contributed by atoms with E-state index in [9.17, 15) is 4.79 Å². The molecule has 2 aromatic heterocycles. The Morgan fingerprint density at radius 2 is 2.43 bits per heavy atom. The second-order valence-electron chi connectivity index (χ2n) is 5.20. The van der Waals surface area contributed by atoms with Gasteiger partial charge in [-0.05, 0) is 25.8 Å². The zero-order chi connectivity index (χ0) is 14.8. The lowest BCUT2D eigenvalue weighted by molar-refractivity contribution is 0.0704. The molecule has 1 aliphatic rings. The molecular formula is C14H17ClN4OS. The van der Waals surface area contributed by atoms with Crippen LogP contribution in [0.2, 0.25) is 4.34 Å². The summed E-state index contributed by atoms with van der Waals surface area (Å²) < 4.78 is 2.71. The summed E-state index contributed by atoms with van der Waals surface area (Å²) in [6.07, 6.45) is 3.80. The minimum atomic E-state index is 0.0606. The summed E-state index contributed by atoms with van der Waals surface area (Å²) in [4.78, 5) is 14.4. The van der Waals surface area contributed by atoms with Crippen molar-refractivity contribution in [1.29, 1.82) is 0 Å². The van der Waals surface area contributed by atoms with Crippen LogP contribution in [0.5, 0.6) is 0 Å². The molecule has 3 heterocycles. The van der Waals surface area contributed by atoms with E-state index in [4.69, 9.17) is 11.6 Å². The van der Waals surface area contributed by atoms with Gasteiger partial charge in [0.1, 0.15) is 12.2 Å². The van der Waals surface area contributed by atoms with Gasteiger partial charge in [-0.1, -0.05) is 11.6 Å². The monoisotopic (exact) mass is 324 g/mol. The minimum Gasteiger partial charge on any atom is -0.338 e. The Morgan fingerprint density at radius 3 is 3.14 bits per heavy atom. The first-order chi connectivity index (χ1) is 10.2. The summed E-state index contributed by atoms with van der Waals surface area (Å²) in [6, 6.07) is 1.74. The summed E-state index contributed by atoms with van der Waals surface area (Å²) in [5.41, 5.74) is 0.683. The molecule has 0 N–H and O–H groups in total. The van der Waals surface area contributed by atoms with Gasteiger partial charge in [0, 0.05) is 30.9 Å². The molecule has 1 amide bonds. The van der Waals surface area contributed by atoms with Crippen molar-refractivity contribution in [2.75, 3.05) is 13.1 Å². The molecule has 3 rings (SSSR count). The highest BCUT2D eigenvalue weighted by Crippen LogP contribution is 2.28. The van der Waals surface area contributed by atoms with Crippen LogP contribution in [0.15, 0.2) is 17.8 Å². The average Bonchev–Trinajstić information content (AvgIpc) is 3.15. The molecule has 21 heavy (non-hydrogen) atoms. The van der Waals surface area contributed by atoms with Crippen LogP contribution in [-0.2, 0) is 6.54 Å². The Morgan fingerprint density at radius 1 is 1.57 bits per heavy atom. The normalized spacial score (nSPS) is 19.0. The topological polar surface area (TPSA) is 51.0 Å². The van der Waals surface area contributed by atoms with Gasteiger partial charge < -0.3 is 9.47 Å². The maximum Gasteiger partial charge on any atom is 0.254 e. The first-order valence-corrected chi connectivity index (χ1v) is 8.35. The van der Waals surface area contributed by atoms with Crippen LogP contribution in [0.25, 0.3) is 0 Å². The van der Waals surface area contributed by atoms with Crippen molar-refractivity contribution in [2.24, 2.45) is 0 Å². The summed E-state index contributed by atoms with van der Waals surface area (Å²) >= 11 is 7.31. The zero-order valence-corrected chi connectivity index (χ0v) is 13.4. The van der Waals surface area contributed by atoms with Crippen molar-refractivity contribution in [3.05, 3.63) is 33.5 Å². The van der Waals surface area contributed by atoms with E-state index in [-0.39, 0.29) is 11.8 Å². The number of halogens is 1. The van der Waals surface area contributed by atoms with Crippen LogP contribution in [0.3, 0.4) is 0 Å². The molecule has 1 aliphatic heterocycles. The third kappa shape index (κ3) is 2.96. The molecule has 0 aliphatic carbocycles. The third-order valence-corrected chi connectivity index (χ3v) is 4.97. The first-order valence-electron chi connectivity index (χ1n) is 7.10. The number of nitrogens with zero attached hydrogens (tertiary/aromatic N) is 4. The molecule has 2 aromatic rings. The number of carbonyl (C=O) groups excluding carboxylic acids is 1. The lowest BCUT2D eigenvalue weighted by Crippen LogP contribution is -2.39. The number of hydrogen-bond acceptors (Lipinski definition) is 4. The molecule has 0 spiro atoms. The smallest absolute Gasteiger partial charge is 0.254 e. The number of carbonyl (C=O) groups is 1. The second kappa shape index (κ2) is 6.15. The molecule has 0 bridgehead atoms. The molecule has 1 saturated heterocycles. The quantitative estimate of drug-likeness (QED) is 0.872. The van der Waals surface area contributed by atoms with Crippen LogP contribution in [0.4, 0.5) is 0 Å². The number of aryl methyl sites for hydroxylation is 1. The van der Waals surface area contributed by atoms with Crippen LogP contribution < -0.4 is 0 Å². The van der Waals surface area contributed by atoms with Gasteiger partial charge in [-0.3, -0.25) is 4.79 Å². The van der Waals surface area contributed by atoms with E-state index in [1.807, 2.05) is 10.3 Å². The molecule has 112 valence electrons. The third-order valence-electron chi connectivity index (χ3n) is 3.87. The average molecular weight is 325 g/mol. The standard InChI is InChI=1S/C14H17ClN4OS/c1-2-18-9-16-17-13(18)10-4-3-5-19(7-10)14(20)11-6-12(15)21-8-11/h6,8-10H,2-5,7H2,1H3/t10-/m1/s1. The number of aromatic nitrogens is 3. The van der Waals surface area contributed by atoms with Gasteiger partial charge in [0.25, 0.3) is 5.91 Å². The summed E-state index contributed by atoms with van der Waals surface area (Å²) in [5, 5.41) is 10.1. The van der Waals surface area contributed by atoms with Crippen LogP contribution in [-0.4, -0.2) is 38.7 Å². The van der Waals surface area contributed by atoms with Gasteiger partial charge in [0.15, 0.2) is 0 Å². The molecular weight excluding hydrogens is 308 g/mol. The van der Waals surface area contributed by atoms with E-state index >= 15 is 0 Å². The van der Waals surface area contributed by atoms with Gasteiger partial charge in [-0.15, -0.1) is 21.5 Å². The summed E-state index contributed by atoms with van der Waals surface area (Å²) in [7, 11) is 0. The summed E-state index contributed by atoms with van der Waals surface area (Å²) in [6.45, 7) is 4.42. The predicted octanol–water partition coefficient (Wildman–Crippen LogP) is 3.03. The molecule has 0 saturated carbocycles. The number of rotatable bonds is 3. The predicted molar refractivity (Wildman–Crippen MR) is 82.9 cm³/mol. The Bertz CT molecular complexity index is 638. The lowest BCUT2D eigenvalue weighted by atomic mass is 9.96. The van der Waals surface area contributed by atoms with E-state index in [1.165, 1.54) is 11.3 Å². The zero-order valence-electron chi connectivity index (χ0n) is 11.8. The van der Waals surface area contributed by atoms with E-state index in [2.05, 4.69) is 21.7 Å². The Kier molecular flexibility index (Phi) is 4.26. The van der Waals surface area contributed by atoms with Crippen molar-refractivity contribution in [2.45, 2.75) is 32.2 Å². The number of hydrogen-bond donors (Lipinski definition) is 0. The molecule has 0 radical (unpaired) electrons. The number of amides is 1. The minimum absolute atomic E-state index is 0.0606. The fourth-order valence-electron chi connectivity index (χ4n) is 2.80. The van der Waals surface area contributed by atoms with E-state index < -0.39 is 0 Å². The van der Waals surface area contributed by atoms with Crippen molar-refractivity contribution in [3.63, 3.8) is 0 Å². The number of piperidine rings is 1. The number of likely N-dealkylation sites (tertiary alicyclic amines) is 1. The Balaban J connectivity index is 1.75. The number of thiophene rings is 1. The fraction of sp³-hybridized carbons (Fsp3) is 0.500. The van der Waals surface area contributed by atoms with Crippen molar-refractivity contribution in [3.8, 4) is 0 Å². The first kappa shape index (κ1) is 14.5. The highest BCUT2D eigenvalue weighted by molar-refractivity contribution is 7.14. The van der Waals surface area contributed by atoms with Crippen LogP contribution in [0, 0.1) is 0 Å². The Hall–Kier alpha value is -1.40. The molecule has 0 aromatic carbocycles. The van der Waals surface area contributed by atoms with Gasteiger partial charge >= 0.3 is 0 Å².